The number of imidazole rings is 1. The number of benzene rings is 1. The van der Waals surface area contributed by atoms with Gasteiger partial charge in [0.25, 0.3) is 5.91 Å². The Morgan fingerprint density at radius 1 is 1.24 bits per heavy atom. The summed E-state index contributed by atoms with van der Waals surface area (Å²) in [6.45, 7) is 4.62. The molecule has 0 saturated carbocycles. The number of pyridine rings is 1. The summed E-state index contributed by atoms with van der Waals surface area (Å²) in [5.41, 5.74) is 4.56. The molecular weight excluding hydrogens is 314 g/mol. The molecule has 5 heteroatoms. The van der Waals surface area contributed by atoms with Crippen LogP contribution in [-0.4, -0.2) is 28.9 Å². The van der Waals surface area contributed by atoms with E-state index in [-0.39, 0.29) is 5.91 Å². The maximum Gasteiger partial charge on any atom is 0.270 e. The number of carbonyl (C=O) groups is 1. The summed E-state index contributed by atoms with van der Waals surface area (Å²) in [4.78, 5) is 17.3. The van der Waals surface area contributed by atoms with Crippen LogP contribution >= 0.6 is 0 Å². The average Bonchev–Trinajstić information content (AvgIpc) is 2.99. The highest BCUT2D eigenvalue weighted by atomic mass is 16.5. The number of rotatable bonds is 6. The van der Waals surface area contributed by atoms with Crippen molar-refractivity contribution in [1.82, 2.24) is 14.7 Å². The first-order valence-corrected chi connectivity index (χ1v) is 8.51. The summed E-state index contributed by atoms with van der Waals surface area (Å²) in [6.07, 6.45) is 3.41. The highest BCUT2D eigenvalue weighted by molar-refractivity contribution is 5.94. The van der Waals surface area contributed by atoms with Crippen LogP contribution in [0.3, 0.4) is 0 Å². The average molecular weight is 337 g/mol. The number of amides is 1. The highest BCUT2D eigenvalue weighted by Crippen LogP contribution is 2.15. The standard InChI is InChI=1S/C20H23N3O2/c1-4-17-19(23-12-10-14(2)13-18(23)22-17)20(24)21-11-9-15-5-7-16(25-3)8-6-15/h5-8,10,12-13H,4,9,11H2,1-3H3,(H,21,24). The molecule has 3 aromatic rings. The maximum atomic E-state index is 12.7. The molecule has 2 aromatic heterocycles. The predicted octanol–water partition coefficient (Wildman–Crippen LogP) is 3.19. The smallest absolute Gasteiger partial charge is 0.270 e. The van der Waals surface area contributed by atoms with Crippen molar-refractivity contribution in [1.29, 1.82) is 0 Å². The van der Waals surface area contributed by atoms with Crippen molar-refractivity contribution in [3.8, 4) is 5.75 Å². The lowest BCUT2D eigenvalue weighted by molar-refractivity contribution is 0.0947. The van der Waals surface area contributed by atoms with Crippen LogP contribution in [0.15, 0.2) is 42.6 Å². The van der Waals surface area contributed by atoms with E-state index in [4.69, 9.17) is 4.74 Å². The van der Waals surface area contributed by atoms with Crippen LogP contribution in [0.5, 0.6) is 5.75 Å². The number of hydrogen-bond acceptors (Lipinski definition) is 3. The van der Waals surface area contributed by atoms with Crippen LogP contribution in [0.4, 0.5) is 0 Å². The molecule has 0 bridgehead atoms. The molecule has 5 nitrogen and oxygen atoms in total. The zero-order valence-corrected chi connectivity index (χ0v) is 14.9. The van der Waals surface area contributed by atoms with Crippen LogP contribution in [0.2, 0.25) is 0 Å². The van der Waals surface area contributed by atoms with Crippen molar-refractivity contribution >= 4 is 11.6 Å². The number of nitrogens with zero attached hydrogens (tertiary/aromatic N) is 2. The van der Waals surface area contributed by atoms with Gasteiger partial charge in [-0.25, -0.2) is 4.98 Å². The molecule has 3 rings (SSSR count). The largest absolute Gasteiger partial charge is 0.497 e. The molecule has 1 N–H and O–H groups in total. The summed E-state index contributed by atoms with van der Waals surface area (Å²) < 4.78 is 7.03. The van der Waals surface area contributed by atoms with E-state index in [2.05, 4.69) is 10.3 Å². The van der Waals surface area contributed by atoms with Crippen molar-refractivity contribution in [2.75, 3.05) is 13.7 Å². The molecule has 0 aliphatic rings. The van der Waals surface area contributed by atoms with Crippen molar-refractivity contribution in [3.63, 3.8) is 0 Å². The van der Waals surface area contributed by atoms with E-state index in [1.807, 2.05) is 60.8 Å². The topological polar surface area (TPSA) is 55.6 Å². The zero-order valence-electron chi connectivity index (χ0n) is 14.9. The van der Waals surface area contributed by atoms with Gasteiger partial charge in [-0.2, -0.15) is 0 Å². The summed E-state index contributed by atoms with van der Waals surface area (Å²) in [6, 6.07) is 11.9. The van der Waals surface area contributed by atoms with Crippen LogP contribution in [0, 0.1) is 6.92 Å². The summed E-state index contributed by atoms with van der Waals surface area (Å²) in [7, 11) is 1.65. The van der Waals surface area contributed by atoms with E-state index in [0.717, 1.165) is 41.1 Å². The first kappa shape index (κ1) is 17.0. The molecule has 130 valence electrons. The third kappa shape index (κ3) is 3.65. The Balaban J connectivity index is 1.71. The first-order valence-electron chi connectivity index (χ1n) is 8.51. The van der Waals surface area contributed by atoms with E-state index in [9.17, 15) is 4.79 Å². The Bertz CT molecular complexity index is 882. The fourth-order valence-corrected chi connectivity index (χ4v) is 2.88. The molecule has 0 fully saturated rings. The molecule has 25 heavy (non-hydrogen) atoms. The lowest BCUT2D eigenvalue weighted by Crippen LogP contribution is -2.27. The monoisotopic (exact) mass is 337 g/mol. The van der Waals surface area contributed by atoms with Crippen LogP contribution in [0.25, 0.3) is 5.65 Å². The Labute approximate surface area is 147 Å². The van der Waals surface area contributed by atoms with Gasteiger partial charge in [0.2, 0.25) is 0 Å². The number of ether oxygens (including phenoxy) is 1. The molecule has 0 aliphatic carbocycles. The molecule has 0 radical (unpaired) electrons. The minimum atomic E-state index is -0.0817. The van der Waals surface area contributed by atoms with Gasteiger partial charge in [-0.05, 0) is 55.2 Å². The number of carbonyl (C=O) groups excluding carboxylic acids is 1. The van der Waals surface area contributed by atoms with Gasteiger partial charge in [-0.1, -0.05) is 19.1 Å². The van der Waals surface area contributed by atoms with Gasteiger partial charge in [-0.3, -0.25) is 9.20 Å². The maximum absolute atomic E-state index is 12.7. The molecule has 2 heterocycles. The molecule has 0 aliphatic heterocycles. The number of fused-ring (bicyclic) bond motifs is 1. The Kier molecular flexibility index (Phi) is 5.03. The van der Waals surface area contributed by atoms with E-state index in [0.29, 0.717) is 12.2 Å². The third-order valence-corrected chi connectivity index (χ3v) is 4.26. The third-order valence-electron chi connectivity index (χ3n) is 4.26. The number of nitrogens with one attached hydrogen (secondary N) is 1. The Morgan fingerprint density at radius 3 is 2.68 bits per heavy atom. The van der Waals surface area contributed by atoms with Crippen molar-refractivity contribution < 1.29 is 9.53 Å². The summed E-state index contributed by atoms with van der Waals surface area (Å²) >= 11 is 0. The minimum Gasteiger partial charge on any atom is -0.497 e. The van der Waals surface area contributed by atoms with Crippen LogP contribution in [-0.2, 0) is 12.8 Å². The second kappa shape index (κ2) is 7.38. The second-order valence-electron chi connectivity index (χ2n) is 6.05. The molecular formula is C20H23N3O2. The zero-order chi connectivity index (χ0) is 17.8. The van der Waals surface area contributed by atoms with Gasteiger partial charge in [0.05, 0.1) is 12.8 Å². The van der Waals surface area contributed by atoms with Gasteiger partial charge in [0.15, 0.2) is 0 Å². The van der Waals surface area contributed by atoms with Crippen LogP contribution < -0.4 is 10.1 Å². The summed E-state index contributed by atoms with van der Waals surface area (Å²) in [5, 5.41) is 3.01. The quantitative estimate of drug-likeness (QED) is 0.751. The predicted molar refractivity (Wildman–Crippen MR) is 98.3 cm³/mol. The highest BCUT2D eigenvalue weighted by Gasteiger charge is 2.17. The van der Waals surface area contributed by atoms with E-state index in [1.165, 1.54) is 0 Å². The second-order valence-corrected chi connectivity index (χ2v) is 6.05. The molecule has 1 amide bonds. The van der Waals surface area contributed by atoms with Gasteiger partial charge in [-0.15, -0.1) is 0 Å². The van der Waals surface area contributed by atoms with Crippen molar-refractivity contribution in [3.05, 3.63) is 65.1 Å². The van der Waals surface area contributed by atoms with Crippen LogP contribution in [0.1, 0.15) is 34.2 Å². The normalized spacial score (nSPS) is 10.8. The number of hydrogen-bond donors (Lipinski definition) is 1. The number of methoxy groups -OCH3 is 1. The lowest BCUT2D eigenvalue weighted by atomic mass is 10.1. The van der Waals surface area contributed by atoms with E-state index >= 15 is 0 Å². The van der Waals surface area contributed by atoms with Crippen molar-refractivity contribution in [2.24, 2.45) is 0 Å². The Hall–Kier alpha value is -2.82. The fourth-order valence-electron chi connectivity index (χ4n) is 2.88. The Morgan fingerprint density at radius 2 is 2.00 bits per heavy atom. The lowest BCUT2D eigenvalue weighted by Gasteiger charge is -2.07. The molecule has 0 unspecified atom stereocenters. The van der Waals surface area contributed by atoms with E-state index in [1.54, 1.807) is 7.11 Å². The minimum absolute atomic E-state index is 0.0817. The molecule has 1 aromatic carbocycles. The van der Waals surface area contributed by atoms with Gasteiger partial charge < -0.3 is 10.1 Å². The van der Waals surface area contributed by atoms with Gasteiger partial charge >= 0.3 is 0 Å². The number of aromatic nitrogens is 2. The number of aryl methyl sites for hydroxylation is 2. The molecule has 0 saturated heterocycles. The molecule has 0 spiro atoms. The summed E-state index contributed by atoms with van der Waals surface area (Å²) in [5.74, 6) is 0.753. The van der Waals surface area contributed by atoms with E-state index < -0.39 is 0 Å². The first-order chi connectivity index (χ1) is 12.1. The van der Waals surface area contributed by atoms with Crippen molar-refractivity contribution in [2.45, 2.75) is 26.7 Å². The SMILES string of the molecule is CCc1nc2cc(C)ccn2c1C(=O)NCCc1ccc(OC)cc1. The molecule has 0 atom stereocenters. The van der Waals surface area contributed by atoms with Gasteiger partial charge in [0.1, 0.15) is 17.1 Å². The van der Waals surface area contributed by atoms with Gasteiger partial charge in [0, 0.05) is 12.7 Å². The fraction of sp³-hybridized carbons (Fsp3) is 0.300.